The van der Waals surface area contributed by atoms with Gasteiger partial charge in [-0.15, -0.1) is 0 Å². The molecule has 0 aromatic carbocycles. The quantitative estimate of drug-likeness (QED) is 0.588. The van der Waals surface area contributed by atoms with E-state index in [0.717, 1.165) is 11.3 Å². The molecule has 1 aromatic heterocycles. The molecule has 2 fully saturated rings. The highest BCUT2D eigenvalue weighted by molar-refractivity contribution is 7.91. The minimum absolute atomic E-state index is 0.0776. The van der Waals surface area contributed by atoms with Crippen LogP contribution in [0.15, 0.2) is 4.21 Å². The monoisotopic (exact) mass is 499 g/mol. The Bertz CT molecular complexity index is 1030. The van der Waals surface area contributed by atoms with Gasteiger partial charge in [0.05, 0.1) is 5.69 Å². The Morgan fingerprint density at radius 3 is 2.48 bits per heavy atom. The first-order chi connectivity index (χ1) is 15.4. The van der Waals surface area contributed by atoms with Crippen LogP contribution in [0.25, 0.3) is 0 Å². The normalized spacial score (nSPS) is 21.5. The van der Waals surface area contributed by atoms with Crippen molar-refractivity contribution < 1.29 is 22.8 Å². The molecule has 3 rings (SSSR count). The van der Waals surface area contributed by atoms with Crippen LogP contribution < -0.4 is 10.6 Å². The van der Waals surface area contributed by atoms with Crippen LogP contribution >= 0.6 is 11.3 Å². The molecule has 2 aliphatic heterocycles. The molecule has 33 heavy (non-hydrogen) atoms. The lowest BCUT2D eigenvalue weighted by Crippen LogP contribution is -2.73. The van der Waals surface area contributed by atoms with Crippen molar-refractivity contribution in [1.82, 2.24) is 19.5 Å². The molecule has 0 bridgehead atoms. The number of aromatic nitrogens is 1. The maximum absolute atomic E-state index is 13.3. The average Bonchev–Trinajstić information content (AvgIpc) is 3.09. The molecule has 0 aliphatic carbocycles. The number of piperazine rings is 1. The van der Waals surface area contributed by atoms with Crippen LogP contribution in [0.5, 0.6) is 0 Å². The molecule has 184 valence electrons. The number of carbonyl (C=O) groups excluding carboxylic acids is 3. The Hall–Kier alpha value is -2.05. The average molecular weight is 500 g/mol. The van der Waals surface area contributed by atoms with E-state index in [-0.39, 0.29) is 58.9 Å². The summed E-state index contributed by atoms with van der Waals surface area (Å²) in [5.41, 5.74) is -0.713. The van der Waals surface area contributed by atoms with Gasteiger partial charge in [0, 0.05) is 26.6 Å². The molecule has 1 spiro atoms. The van der Waals surface area contributed by atoms with Gasteiger partial charge in [0.15, 0.2) is 9.34 Å². The van der Waals surface area contributed by atoms with E-state index in [9.17, 15) is 22.8 Å². The van der Waals surface area contributed by atoms with E-state index in [2.05, 4.69) is 15.6 Å². The molecule has 2 aliphatic rings. The highest BCUT2D eigenvalue weighted by Crippen LogP contribution is 2.37. The summed E-state index contributed by atoms with van der Waals surface area (Å²) in [6.07, 6.45) is 1.75. The highest BCUT2D eigenvalue weighted by Gasteiger charge is 2.54. The number of nitrogens with zero attached hydrogens (tertiary/aromatic N) is 3. The number of nitrogens with one attached hydrogen (secondary N) is 2. The standard InChI is InChI=1S/C21H33N5O5S2/c1-6-9-26-17(28)16(12-13(2)3)24-19(29)21(26)7-10-25(11-8-21)33(30,31)18-14(4)22-20(32-18)23-15(5)27/h13,16H,6-12H2,1-5H3,(H,24,29)(H,22,23,27). The summed E-state index contributed by atoms with van der Waals surface area (Å²) >= 11 is 0.915. The van der Waals surface area contributed by atoms with Crippen LogP contribution in [0.4, 0.5) is 5.13 Å². The summed E-state index contributed by atoms with van der Waals surface area (Å²) < 4.78 is 28.0. The molecule has 3 amide bonds. The first-order valence-corrected chi connectivity index (χ1v) is 13.6. The van der Waals surface area contributed by atoms with Crippen molar-refractivity contribution in [3.8, 4) is 0 Å². The maximum Gasteiger partial charge on any atom is 0.254 e. The highest BCUT2D eigenvalue weighted by atomic mass is 32.2. The van der Waals surface area contributed by atoms with E-state index in [1.165, 1.54) is 11.2 Å². The Morgan fingerprint density at radius 1 is 1.30 bits per heavy atom. The minimum atomic E-state index is -3.85. The van der Waals surface area contributed by atoms with Crippen molar-refractivity contribution in [2.24, 2.45) is 5.92 Å². The lowest BCUT2D eigenvalue weighted by molar-refractivity contribution is -0.160. The Labute approximate surface area is 199 Å². The molecule has 0 saturated carbocycles. The molecular formula is C21H33N5O5S2. The molecule has 10 nitrogen and oxygen atoms in total. The van der Waals surface area contributed by atoms with Gasteiger partial charge in [0.2, 0.25) is 17.7 Å². The van der Waals surface area contributed by atoms with Crippen LogP contribution in [0, 0.1) is 12.8 Å². The Kier molecular flexibility index (Phi) is 7.49. The van der Waals surface area contributed by atoms with Crippen molar-refractivity contribution in [2.75, 3.05) is 25.0 Å². The number of aryl methyl sites for hydroxylation is 1. The summed E-state index contributed by atoms with van der Waals surface area (Å²) in [5, 5.41) is 5.67. The second-order valence-corrected chi connectivity index (χ2v) is 12.3. The van der Waals surface area contributed by atoms with Gasteiger partial charge < -0.3 is 15.5 Å². The van der Waals surface area contributed by atoms with E-state index < -0.39 is 21.6 Å². The van der Waals surface area contributed by atoms with Crippen molar-refractivity contribution in [2.45, 2.75) is 76.1 Å². The number of carbonyl (C=O) groups is 3. The van der Waals surface area contributed by atoms with Gasteiger partial charge in [-0.1, -0.05) is 32.1 Å². The number of amides is 3. The molecule has 1 unspecified atom stereocenters. The van der Waals surface area contributed by atoms with Crippen molar-refractivity contribution in [3.63, 3.8) is 0 Å². The molecule has 12 heteroatoms. The Balaban J connectivity index is 1.82. The summed E-state index contributed by atoms with van der Waals surface area (Å²) in [4.78, 5) is 43.6. The summed E-state index contributed by atoms with van der Waals surface area (Å²) in [6, 6.07) is -0.538. The van der Waals surface area contributed by atoms with Crippen LogP contribution in [0.3, 0.4) is 0 Å². The fourth-order valence-electron chi connectivity index (χ4n) is 4.59. The predicted molar refractivity (Wildman–Crippen MR) is 125 cm³/mol. The van der Waals surface area contributed by atoms with Crippen molar-refractivity contribution in [3.05, 3.63) is 5.69 Å². The molecule has 3 heterocycles. The number of sulfonamides is 1. The van der Waals surface area contributed by atoms with Gasteiger partial charge in [0.25, 0.3) is 10.0 Å². The predicted octanol–water partition coefficient (Wildman–Crippen LogP) is 1.72. The second kappa shape index (κ2) is 9.67. The van der Waals surface area contributed by atoms with E-state index in [1.54, 1.807) is 11.8 Å². The number of piperidine rings is 1. The van der Waals surface area contributed by atoms with Gasteiger partial charge in [0.1, 0.15) is 11.6 Å². The maximum atomic E-state index is 13.3. The van der Waals surface area contributed by atoms with Crippen LogP contribution in [-0.2, 0) is 24.4 Å². The van der Waals surface area contributed by atoms with E-state index in [4.69, 9.17) is 0 Å². The molecule has 1 atom stereocenters. The summed E-state index contributed by atoms with van der Waals surface area (Å²) in [7, 11) is -3.85. The summed E-state index contributed by atoms with van der Waals surface area (Å²) in [5.74, 6) is -0.346. The van der Waals surface area contributed by atoms with Gasteiger partial charge in [-0.05, 0) is 38.5 Å². The lowest BCUT2D eigenvalue weighted by Gasteiger charge is -2.51. The third-order valence-electron chi connectivity index (χ3n) is 6.12. The van der Waals surface area contributed by atoms with Gasteiger partial charge >= 0.3 is 0 Å². The first kappa shape index (κ1) is 25.6. The van der Waals surface area contributed by atoms with Crippen LogP contribution in [0.2, 0.25) is 0 Å². The Morgan fingerprint density at radius 2 is 1.94 bits per heavy atom. The zero-order chi connectivity index (χ0) is 24.6. The fraction of sp³-hybridized carbons (Fsp3) is 0.714. The van der Waals surface area contributed by atoms with Crippen LogP contribution in [0.1, 0.15) is 59.1 Å². The summed E-state index contributed by atoms with van der Waals surface area (Å²) in [6.45, 7) is 9.60. The zero-order valence-corrected chi connectivity index (χ0v) is 21.4. The molecule has 1 aromatic rings. The van der Waals surface area contributed by atoms with E-state index in [0.29, 0.717) is 25.1 Å². The second-order valence-electron chi connectivity index (χ2n) is 9.15. The van der Waals surface area contributed by atoms with Gasteiger partial charge in [-0.2, -0.15) is 4.31 Å². The van der Waals surface area contributed by atoms with Gasteiger partial charge in [-0.3, -0.25) is 14.4 Å². The van der Waals surface area contributed by atoms with Gasteiger partial charge in [-0.25, -0.2) is 13.4 Å². The zero-order valence-electron chi connectivity index (χ0n) is 19.8. The molecule has 0 radical (unpaired) electrons. The number of hydrogen-bond acceptors (Lipinski definition) is 7. The first-order valence-electron chi connectivity index (χ1n) is 11.3. The largest absolute Gasteiger partial charge is 0.342 e. The van der Waals surface area contributed by atoms with Crippen LogP contribution in [-0.4, -0.2) is 71.5 Å². The van der Waals surface area contributed by atoms with E-state index >= 15 is 0 Å². The minimum Gasteiger partial charge on any atom is -0.342 e. The lowest BCUT2D eigenvalue weighted by atomic mass is 9.81. The smallest absolute Gasteiger partial charge is 0.254 e. The number of hydrogen-bond donors (Lipinski definition) is 2. The topological polar surface area (TPSA) is 129 Å². The molecule has 2 N–H and O–H groups in total. The number of thiazole rings is 1. The third kappa shape index (κ3) is 4.92. The van der Waals surface area contributed by atoms with E-state index in [1.807, 2.05) is 20.8 Å². The number of anilines is 1. The van der Waals surface area contributed by atoms with Crippen molar-refractivity contribution in [1.29, 1.82) is 0 Å². The molecule has 2 saturated heterocycles. The fourth-order valence-corrected chi connectivity index (χ4v) is 7.63. The SMILES string of the molecule is CCCN1C(=O)C(CC(C)C)NC(=O)C12CCN(S(=O)(=O)c1sc(NC(C)=O)nc1C)CC2. The molecular weight excluding hydrogens is 466 g/mol. The van der Waals surface area contributed by atoms with Crippen molar-refractivity contribution >= 4 is 44.2 Å². The third-order valence-corrected chi connectivity index (χ3v) is 9.68. The number of rotatable bonds is 7.